The Hall–Kier alpha value is -1.30. The van der Waals surface area contributed by atoms with Gasteiger partial charge in [-0.25, -0.2) is 0 Å². The van der Waals surface area contributed by atoms with E-state index in [0.29, 0.717) is 13.2 Å². The molecule has 0 spiro atoms. The van der Waals surface area contributed by atoms with Crippen LogP contribution < -0.4 is 5.32 Å². The fourth-order valence-electron chi connectivity index (χ4n) is 1.82. The second-order valence-electron chi connectivity index (χ2n) is 4.65. The molecule has 108 valence electrons. The number of nitrogens with one attached hydrogen (secondary N) is 1. The molecule has 1 atom stereocenters. The molecule has 0 aliphatic heterocycles. The molecule has 4 nitrogen and oxygen atoms in total. The standard InChI is InChI=1S/C15H18BrNO3/c1-11-5-12(16)7-13(6-11)17-8-14(18)9-19-10-15-3-2-4-20-15/h2-7,14,17-18H,8-10H2,1H3. The van der Waals surface area contributed by atoms with Gasteiger partial charge in [-0.1, -0.05) is 15.9 Å². The summed E-state index contributed by atoms with van der Waals surface area (Å²) in [7, 11) is 0. The molecule has 2 aromatic rings. The Morgan fingerprint density at radius 1 is 1.40 bits per heavy atom. The summed E-state index contributed by atoms with van der Waals surface area (Å²) >= 11 is 3.45. The smallest absolute Gasteiger partial charge is 0.129 e. The molecule has 0 fully saturated rings. The summed E-state index contributed by atoms with van der Waals surface area (Å²) in [5.41, 5.74) is 2.13. The van der Waals surface area contributed by atoms with E-state index in [2.05, 4.69) is 21.2 Å². The summed E-state index contributed by atoms with van der Waals surface area (Å²) in [6.45, 7) is 3.10. The van der Waals surface area contributed by atoms with Crippen LogP contribution in [0.3, 0.4) is 0 Å². The molecule has 0 saturated heterocycles. The number of halogens is 1. The Kier molecular flexibility index (Phi) is 5.64. The van der Waals surface area contributed by atoms with Gasteiger partial charge in [-0.05, 0) is 42.8 Å². The highest BCUT2D eigenvalue weighted by Gasteiger charge is 2.06. The van der Waals surface area contributed by atoms with Crippen molar-refractivity contribution >= 4 is 21.6 Å². The minimum absolute atomic E-state index is 0.265. The molecule has 1 heterocycles. The van der Waals surface area contributed by atoms with Crippen LogP contribution in [-0.2, 0) is 11.3 Å². The minimum atomic E-state index is -0.566. The second-order valence-corrected chi connectivity index (χ2v) is 5.56. The predicted octanol–water partition coefficient (Wildman–Crippen LogP) is 3.34. The zero-order valence-corrected chi connectivity index (χ0v) is 12.9. The van der Waals surface area contributed by atoms with Crippen LogP contribution in [0.15, 0.2) is 45.5 Å². The van der Waals surface area contributed by atoms with Crippen molar-refractivity contribution in [3.05, 3.63) is 52.4 Å². The van der Waals surface area contributed by atoms with Gasteiger partial charge in [0.1, 0.15) is 12.4 Å². The molecule has 0 radical (unpaired) electrons. The normalized spacial score (nSPS) is 12.3. The average Bonchev–Trinajstić information content (AvgIpc) is 2.88. The van der Waals surface area contributed by atoms with Gasteiger partial charge in [0.2, 0.25) is 0 Å². The van der Waals surface area contributed by atoms with E-state index in [1.807, 2.05) is 37.3 Å². The van der Waals surface area contributed by atoms with Crippen LogP contribution >= 0.6 is 15.9 Å². The third-order valence-electron chi connectivity index (χ3n) is 2.72. The lowest BCUT2D eigenvalue weighted by atomic mass is 10.2. The number of hydrogen-bond acceptors (Lipinski definition) is 4. The maximum absolute atomic E-state index is 9.85. The first-order valence-corrected chi connectivity index (χ1v) is 7.22. The molecule has 0 bridgehead atoms. The van der Waals surface area contributed by atoms with Crippen LogP contribution in [0.1, 0.15) is 11.3 Å². The van der Waals surface area contributed by atoms with Crippen LogP contribution in [-0.4, -0.2) is 24.4 Å². The van der Waals surface area contributed by atoms with Crippen molar-refractivity contribution in [2.24, 2.45) is 0 Å². The Labute approximate surface area is 126 Å². The van der Waals surface area contributed by atoms with Gasteiger partial charge in [0, 0.05) is 16.7 Å². The number of aliphatic hydroxyl groups is 1. The maximum atomic E-state index is 9.85. The van der Waals surface area contributed by atoms with E-state index in [9.17, 15) is 5.11 Å². The molecule has 0 amide bonds. The molecule has 20 heavy (non-hydrogen) atoms. The fourth-order valence-corrected chi connectivity index (χ4v) is 2.43. The number of aliphatic hydroxyl groups excluding tert-OH is 1. The zero-order valence-electron chi connectivity index (χ0n) is 11.3. The van der Waals surface area contributed by atoms with Gasteiger partial charge in [0.15, 0.2) is 0 Å². The zero-order chi connectivity index (χ0) is 14.4. The van der Waals surface area contributed by atoms with E-state index in [-0.39, 0.29) is 6.61 Å². The van der Waals surface area contributed by atoms with E-state index in [0.717, 1.165) is 21.5 Å². The van der Waals surface area contributed by atoms with Crippen LogP contribution in [0.25, 0.3) is 0 Å². The van der Waals surface area contributed by atoms with Crippen molar-refractivity contribution in [1.29, 1.82) is 0 Å². The van der Waals surface area contributed by atoms with Crippen molar-refractivity contribution < 1.29 is 14.3 Å². The summed E-state index contributed by atoms with van der Waals surface area (Å²) in [5.74, 6) is 0.757. The Morgan fingerprint density at radius 3 is 2.95 bits per heavy atom. The lowest BCUT2D eigenvalue weighted by molar-refractivity contribution is 0.0282. The molecule has 1 aromatic carbocycles. The van der Waals surface area contributed by atoms with Crippen molar-refractivity contribution in [3.8, 4) is 0 Å². The van der Waals surface area contributed by atoms with Crippen LogP contribution in [0.2, 0.25) is 0 Å². The Morgan fingerprint density at radius 2 is 2.25 bits per heavy atom. The van der Waals surface area contributed by atoms with Gasteiger partial charge < -0.3 is 19.6 Å². The molecule has 2 N–H and O–H groups in total. The third-order valence-corrected chi connectivity index (χ3v) is 3.18. The third kappa shape index (κ3) is 5.00. The first-order valence-electron chi connectivity index (χ1n) is 6.43. The summed E-state index contributed by atoms with van der Waals surface area (Å²) < 4.78 is 11.5. The lowest BCUT2D eigenvalue weighted by Gasteiger charge is -2.13. The minimum Gasteiger partial charge on any atom is -0.467 e. The summed E-state index contributed by atoms with van der Waals surface area (Å²) in [6.07, 6.45) is 1.04. The van der Waals surface area contributed by atoms with Gasteiger partial charge in [0.25, 0.3) is 0 Å². The molecule has 1 unspecified atom stereocenters. The maximum Gasteiger partial charge on any atom is 0.129 e. The largest absolute Gasteiger partial charge is 0.467 e. The molecule has 0 aliphatic rings. The summed E-state index contributed by atoms with van der Waals surface area (Å²) in [4.78, 5) is 0. The molecule has 0 saturated carbocycles. The van der Waals surface area contributed by atoms with E-state index < -0.39 is 6.10 Å². The van der Waals surface area contributed by atoms with E-state index in [1.54, 1.807) is 6.26 Å². The van der Waals surface area contributed by atoms with Gasteiger partial charge in [-0.3, -0.25) is 0 Å². The van der Waals surface area contributed by atoms with Gasteiger partial charge >= 0.3 is 0 Å². The molecular formula is C15H18BrNO3. The fraction of sp³-hybridized carbons (Fsp3) is 0.333. The summed E-state index contributed by atoms with van der Waals surface area (Å²) in [6, 6.07) is 9.69. The van der Waals surface area contributed by atoms with Crippen molar-refractivity contribution in [2.45, 2.75) is 19.6 Å². The molecular weight excluding hydrogens is 322 g/mol. The van der Waals surface area contributed by atoms with Crippen molar-refractivity contribution in [3.63, 3.8) is 0 Å². The molecule has 0 aliphatic carbocycles. The summed E-state index contributed by atoms with van der Waals surface area (Å²) in [5, 5.41) is 13.0. The first kappa shape index (κ1) is 15.1. The number of furan rings is 1. The highest BCUT2D eigenvalue weighted by Crippen LogP contribution is 2.18. The van der Waals surface area contributed by atoms with Gasteiger partial charge in [-0.2, -0.15) is 0 Å². The number of benzene rings is 1. The van der Waals surface area contributed by atoms with Crippen LogP contribution in [0.5, 0.6) is 0 Å². The van der Waals surface area contributed by atoms with Crippen LogP contribution in [0, 0.1) is 6.92 Å². The quantitative estimate of drug-likeness (QED) is 0.812. The SMILES string of the molecule is Cc1cc(Br)cc(NCC(O)COCc2ccco2)c1. The Balaban J connectivity index is 1.70. The second kappa shape index (κ2) is 7.47. The van der Waals surface area contributed by atoms with Crippen molar-refractivity contribution in [1.82, 2.24) is 0 Å². The highest BCUT2D eigenvalue weighted by atomic mass is 79.9. The number of anilines is 1. The number of rotatable bonds is 7. The Bertz CT molecular complexity index is 508. The number of hydrogen-bond donors (Lipinski definition) is 2. The van der Waals surface area contributed by atoms with Gasteiger partial charge in [-0.15, -0.1) is 0 Å². The van der Waals surface area contributed by atoms with E-state index in [4.69, 9.17) is 9.15 Å². The molecule has 5 heteroatoms. The van der Waals surface area contributed by atoms with Crippen molar-refractivity contribution in [2.75, 3.05) is 18.5 Å². The molecule has 1 aromatic heterocycles. The lowest BCUT2D eigenvalue weighted by Crippen LogP contribution is -2.24. The monoisotopic (exact) mass is 339 g/mol. The molecule has 2 rings (SSSR count). The highest BCUT2D eigenvalue weighted by molar-refractivity contribution is 9.10. The van der Waals surface area contributed by atoms with E-state index >= 15 is 0 Å². The number of ether oxygens (including phenoxy) is 1. The number of aryl methyl sites for hydroxylation is 1. The van der Waals surface area contributed by atoms with Crippen LogP contribution in [0.4, 0.5) is 5.69 Å². The van der Waals surface area contributed by atoms with E-state index in [1.165, 1.54) is 0 Å². The topological polar surface area (TPSA) is 54.6 Å². The predicted molar refractivity (Wildman–Crippen MR) is 81.7 cm³/mol. The average molecular weight is 340 g/mol. The van der Waals surface area contributed by atoms with Gasteiger partial charge in [0.05, 0.1) is 19.0 Å². The first-order chi connectivity index (χ1) is 9.63.